The molecule has 0 nitrogen and oxygen atoms in total. The van der Waals surface area contributed by atoms with Crippen LogP contribution in [-0.4, -0.2) is 0 Å². The summed E-state index contributed by atoms with van der Waals surface area (Å²) in [5.74, 6) is -0.962. The molecule has 94 valence electrons. The molecular weight excluding hydrogens is 389 g/mol. The van der Waals surface area contributed by atoms with Gasteiger partial charge in [-0.2, -0.15) is 0 Å². The molecule has 1 unspecified atom stereocenters. The standard InChI is InChI=1S/C13H7Br2ClF2/c14-10-3-1-2-8(13(10)16)12(15)9-6-7(17)4-5-11(9)18/h1-6,12H. The van der Waals surface area contributed by atoms with E-state index in [1.807, 2.05) is 0 Å². The maximum absolute atomic E-state index is 13.7. The van der Waals surface area contributed by atoms with Crippen LogP contribution in [0.2, 0.25) is 5.02 Å². The zero-order chi connectivity index (χ0) is 13.3. The summed E-state index contributed by atoms with van der Waals surface area (Å²) >= 11 is 12.8. The van der Waals surface area contributed by atoms with Crippen molar-refractivity contribution in [2.45, 2.75) is 4.83 Å². The molecule has 0 amide bonds. The van der Waals surface area contributed by atoms with E-state index in [1.165, 1.54) is 0 Å². The zero-order valence-corrected chi connectivity index (χ0v) is 12.9. The van der Waals surface area contributed by atoms with Gasteiger partial charge in [-0.1, -0.05) is 39.7 Å². The molecule has 0 N–H and O–H groups in total. The van der Waals surface area contributed by atoms with Crippen LogP contribution in [-0.2, 0) is 0 Å². The second kappa shape index (κ2) is 5.68. The van der Waals surface area contributed by atoms with Crippen LogP contribution in [0.5, 0.6) is 0 Å². The highest BCUT2D eigenvalue weighted by Gasteiger charge is 2.19. The Hall–Kier alpha value is -0.450. The average Bonchev–Trinajstić information content (AvgIpc) is 2.35. The SMILES string of the molecule is Fc1ccc(F)c(C(Br)c2cccc(Br)c2Cl)c1. The summed E-state index contributed by atoms with van der Waals surface area (Å²) in [7, 11) is 0. The lowest BCUT2D eigenvalue weighted by Crippen LogP contribution is -1.98. The van der Waals surface area contributed by atoms with Gasteiger partial charge in [0, 0.05) is 10.0 Å². The van der Waals surface area contributed by atoms with Crippen molar-refractivity contribution in [2.75, 3.05) is 0 Å². The highest BCUT2D eigenvalue weighted by molar-refractivity contribution is 9.10. The van der Waals surface area contributed by atoms with Gasteiger partial charge in [0.1, 0.15) is 11.6 Å². The molecule has 2 aromatic rings. The van der Waals surface area contributed by atoms with Gasteiger partial charge in [-0.05, 0) is 45.8 Å². The number of benzene rings is 2. The monoisotopic (exact) mass is 394 g/mol. The van der Waals surface area contributed by atoms with Crippen LogP contribution in [0.3, 0.4) is 0 Å². The minimum Gasteiger partial charge on any atom is -0.207 e. The Morgan fingerprint density at radius 3 is 2.50 bits per heavy atom. The van der Waals surface area contributed by atoms with E-state index in [4.69, 9.17) is 11.6 Å². The summed E-state index contributed by atoms with van der Waals surface area (Å²) in [6.45, 7) is 0. The molecule has 0 spiro atoms. The third kappa shape index (κ3) is 2.76. The molecule has 0 saturated carbocycles. The largest absolute Gasteiger partial charge is 0.207 e. The van der Waals surface area contributed by atoms with E-state index in [0.29, 0.717) is 15.1 Å². The first-order valence-electron chi connectivity index (χ1n) is 5.03. The van der Waals surface area contributed by atoms with Crippen LogP contribution in [0.15, 0.2) is 40.9 Å². The van der Waals surface area contributed by atoms with Crippen LogP contribution in [0, 0.1) is 11.6 Å². The fraction of sp³-hybridized carbons (Fsp3) is 0.0769. The van der Waals surface area contributed by atoms with Gasteiger partial charge in [0.05, 0.1) is 9.85 Å². The Morgan fingerprint density at radius 2 is 1.78 bits per heavy atom. The Morgan fingerprint density at radius 1 is 1.06 bits per heavy atom. The van der Waals surface area contributed by atoms with Crippen LogP contribution in [0.1, 0.15) is 16.0 Å². The van der Waals surface area contributed by atoms with E-state index in [0.717, 1.165) is 18.2 Å². The quantitative estimate of drug-likeness (QED) is 0.558. The zero-order valence-electron chi connectivity index (χ0n) is 8.93. The molecule has 1 atom stereocenters. The van der Waals surface area contributed by atoms with Gasteiger partial charge in [0.2, 0.25) is 0 Å². The molecule has 0 saturated heterocycles. The molecule has 5 heteroatoms. The van der Waals surface area contributed by atoms with Crippen molar-refractivity contribution in [1.29, 1.82) is 0 Å². The first kappa shape index (κ1) is 14.0. The fourth-order valence-corrected chi connectivity index (χ4v) is 3.07. The van der Waals surface area contributed by atoms with Gasteiger partial charge in [-0.25, -0.2) is 8.78 Å². The molecule has 0 aliphatic carbocycles. The highest BCUT2D eigenvalue weighted by atomic mass is 79.9. The molecule has 2 aromatic carbocycles. The molecule has 0 heterocycles. The predicted molar refractivity (Wildman–Crippen MR) is 76.3 cm³/mol. The summed E-state index contributed by atoms with van der Waals surface area (Å²) in [4.78, 5) is -0.502. The first-order chi connectivity index (χ1) is 8.50. The van der Waals surface area contributed by atoms with E-state index < -0.39 is 16.5 Å². The minimum atomic E-state index is -0.502. The van der Waals surface area contributed by atoms with Crippen LogP contribution in [0.4, 0.5) is 8.78 Å². The van der Waals surface area contributed by atoms with Crippen molar-refractivity contribution < 1.29 is 8.78 Å². The topological polar surface area (TPSA) is 0 Å². The number of halogens is 5. The summed E-state index contributed by atoms with van der Waals surface area (Å²) in [6, 6.07) is 8.68. The Labute approximate surface area is 125 Å². The molecule has 0 aliphatic rings. The van der Waals surface area contributed by atoms with Crippen LogP contribution in [0.25, 0.3) is 0 Å². The normalized spacial score (nSPS) is 12.5. The molecule has 0 fully saturated rings. The fourth-order valence-electron chi connectivity index (χ4n) is 1.59. The van der Waals surface area contributed by atoms with E-state index >= 15 is 0 Å². The van der Waals surface area contributed by atoms with Crippen molar-refractivity contribution in [3.63, 3.8) is 0 Å². The average molecular weight is 396 g/mol. The van der Waals surface area contributed by atoms with Gasteiger partial charge < -0.3 is 0 Å². The smallest absolute Gasteiger partial charge is 0.128 e. The van der Waals surface area contributed by atoms with Crippen LogP contribution < -0.4 is 0 Å². The van der Waals surface area contributed by atoms with E-state index in [1.54, 1.807) is 18.2 Å². The molecule has 0 aliphatic heterocycles. The summed E-state index contributed by atoms with van der Waals surface area (Å²) in [6.07, 6.45) is 0. The van der Waals surface area contributed by atoms with Crippen molar-refractivity contribution >= 4 is 43.5 Å². The van der Waals surface area contributed by atoms with Gasteiger partial charge >= 0.3 is 0 Å². The lowest BCUT2D eigenvalue weighted by Gasteiger charge is -2.14. The van der Waals surface area contributed by atoms with Crippen molar-refractivity contribution in [1.82, 2.24) is 0 Å². The number of rotatable bonds is 2. The van der Waals surface area contributed by atoms with Crippen molar-refractivity contribution in [3.8, 4) is 0 Å². The summed E-state index contributed by atoms with van der Waals surface area (Å²) in [5.41, 5.74) is 0.894. The lowest BCUT2D eigenvalue weighted by atomic mass is 10.0. The molecule has 18 heavy (non-hydrogen) atoms. The van der Waals surface area contributed by atoms with Gasteiger partial charge in [0.15, 0.2) is 0 Å². The van der Waals surface area contributed by atoms with Gasteiger partial charge in [-0.15, -0.1) is 0 Å². The molecule has 0 radical (unpaired) electrons. The third-order valence-corrected chi connectivity index (χ3v) is 4.78. The second-order valence-electron chi connectivity index (χ2n) is 3.67. The van der Waals surface area contributed by atoms with Gasteiger partial charge in [0.25, 0.3) is 0 Å². The minimum absolute atomic E-state index is 0.218. The second-order valence-corrected chi connectivity index (χ2v) is 5.82. The van der Waals surface area contributed by atoms with Crippen molar-refractivity contribution in [2.24, 2.45) is 0 Å². The maximum Gasteiger partial charge on any atom is 0.128 e. The van der Waals surface area contributed by atoms with E-state index in [9.17, 15) is 8.78 Å². The van der Waals surface area contributed by atoms with Crippen molar-refractivity contribution in [3.05, 3.63) is 68.7 Å². The summed E-state index contributed by atoms with van der Waals surface area (Å²) in [5, 5.41) is 0.475. The van der Waals surface area contributed by atoms with E-state index in [2.05, 4.69) is 31.9 Å². The van der Waals surface area contributed by atoms with Gasteiger partial charge in [-0.3, -0.25) is 0 Å². The lowest BCUT2D eigenvalue weighted by molar-refractivity contribution is 0.588. The molecule has 0 bridgehead atoms. The predicted octanol–water partition coefficient (Wildman–Crippen LogP) is 5.87. The Bertz CT molecular complexity index is 585. The first-order valence-corrected chi connectivity index (χ1v) is 7.12. The molecule has 0 aromatic heterocycles. The Kier molecular flexibility index (Phi) is 4.41. The maximum atomic E-state index is 13.7. The number of hydrogen-bond donors (Lipinski definition) is 0. The number of hydrogen-bond acceptors (Lipinski definition) is 0. The highest BCUT2D eigenvalue weighted by Crippen LogP contribution is 2.39. The number of alkyl halides is 1. The molecule has 2 rings (SSSR count). The molecular formula is C13H7Br2ClF2. The summed E-state index contributed by atoms with van der Waals surface area (Å²) < 4.78 is 27.6. The van der Waals surface area contributed by atoms with E-state index in [-0.39, 0.29) is 5.56 Å². The third-order valence-electron chi connectivity index (χ3n) is 2.49. The van der Waals surface area contributed by atoms with Crippen LogP contribution >= 0.6 is 43.5 Å². The Balaban J connectivity index is 2.51.